The number of ether oxygens (including phenoxy) is 1. The van der Waals surface area contributed by atoms with Gasteiger partial charge in [-0.1, -0.05) is 6.08 Å². The molecule has 0 aliphatic carbocycles. The van der Waals surface area contributed by atoms with E-state index in [2.05, 4.69) is 5.32 Å². The fourth-order valence-electron chi connectivity index (χ4n) is 2.14. The number of nitrogens with one attached hydrogen (secondary N) is 1. The van der Waals surface area contributed by atoms with Crippen molar-refractivity contribution < 1.29 is 18.8 Å². The summed E-state index contributed by atoms with van der Waals surface area (Å²) in [5.41, 5.74) is 0.267. The lowest BCUT2D eigenvalue weighted by atomic mass is 9.77. The number of nitriles is 1. The monoisotopic (exact) mass is 316 g/mol. The Hall–Kier alpha value is -2.04. The molecule has 0 amide bonds. The third-order valence-corrected chi connectivity index (χ3v) is 4.22. The van der Waals surface area contributed by atoms with Gasteiger partial charge >= 0.3 is 13.1 Å². The van der Waals surface area contributed by atoms with Crippen molar-refractivity contribution in [2.45, 2.75) is 45.8 Å². The fraction of sp³-hybridized carbons (Fsp3) is 0.500. The highest BCUT2D eigenvalue weighted by atomic mass is 16.7. The molecule has 0 radical (unpaired) electrons. The molecule has 0 aromatic carbocycles. The second-order valence-electron chi connectivity index (χ2n) is 6.33. The van der Waals surface area contributed by atoms with Crippen LogP contribution in [0.15, 0.2) is 35.1 Å². The van der Waals surface area contributed by atoms with Crippen LogP contribution in [-0.2, 0) is 18.8 Å². The Morgan fingerprint density at radius 2 is 1.91 bits per heavy atom. The smallest absolute Gasteiger partial charge is 0.462 e. The molecule has 1 fully saturated rings. The van der Waals surface area contributed by atoms with Crippen LogP contribution >= 0.6 is 0 Å². The van der Waals surface area contributed by atoms with Crippen LogP contribution < -0.4 is 5.32 Å². The van der Waals surface area contributed by atoms with Crippen LogP contribution in [0, 0.1) is 11.3 Å². The topological polar surface area (TPSA) is 80.6 Å². The summed E-state index contributed by atoms with van der Waals surface area (Å²) in [7, 11) is -0.501. The Morgan fingerprint density at radius 1 is 1.30 bits per heavy atom. The van der Waals surface area contributed by atoms with Crippen molar-refractivity contribution in [2.24, 2.45) is 0 Å². The molecule has 0 unspecified atom stereocenters. The highest BCUT2D eigenvalue weighted by Gasteiger charge is 2.52. The van der Waals surface area contributed by atoms with Crippen molar-refractivity contribution in [3.63, 3.8) is 0 Å². The van der Waals surface area contributed by atoms with Crippen LogP contribution in [0.4, 0.5) is 0 Å². The number of allylic oxidation sites excluding steroid dienone is 3. The summed E-state index contributed by atoms with van der Waals surface area (Å²) in [6.45, 7) is 9.83. The van der Waals surface area contributed by atoms with Gasteiger partial charge in [-0.05, 0) is 46.2 Å². The van der Waals surface area contributed by atoms with Gasteiger partial charge in [-0.15, -0.1) is 0 Å². The minimum absolute atomic E-state index is 0.0627. The standard InChI is InChI=1S/C16H21BN2O4/c1-6-21-14(20)12(9-18)13-8-7-11(10-19-13)17-22-15(2,3)16(4,5)23-17/h7-8,10,19H,6H2,1-5H3/b13-12-. The summed E-state index contributed by atoms with van der Waals surface area (Å²) >= 11 is 0. The van der Waals surface area contributed by atoms with E-state index in [0.29, 0.717) is 5.70 Å². The quantitative estimate of drug-likeness (QED) is 0.371. The third kappa shape index (κ3) is 3.33. The summed E-state index contributed by atoms with van der Waals surface area (Å²) in [4.78, 5) is 11.7. The van der Waals surface area contributed by atoms with E-state index in [0.717, 1.165) is 5.47 Å². The van der Waals surface area contributed by atoms with Crippen molar-refractivity contribution in [3.8, 4) is 6.07 Å². The van der Waals surface area contributed by atoms with Gasteiger partial charge in [-0.3, -0.25) is 0 Å². The van der Waals surface area contributed by atoms with E-state index in [9.17, 15) is 4.79 Å². The molecule has 23 heavy (non-hydrogen) atoms. The second kappa shape index (κ2) is 6.22. The van der Waals surface area contributed by atoms with E-state index in [1.54, 1.807) is 25.3 Å². The van der Waals surface area contributed by atoms with Gasteiger partial charge in [0.2, 0.25) is 0 Å². The van der Waals surface area contributed by atoms with E-state index in [1.165, 1.54) is 0 Å². The van der Waals surface area contributed by atoms with E-state index in [4.69, 9.17) is 19.3 Å². The van der Waals surface area contributed by atoms with Crippen molar-refractivity contribution in [1.29, 1.82) is 5.26 Å². The van der Waals surface area contributed by atoms with E-state index in [-0.39, 0.29) is 12.2 Å². The first-order valence-electron chi connectivity index (χ1n) is 7.53. The van der Waals surface area contributed by atoms with Crippen LogP contribution in [0.3, 0.4) is 0 Å². The average molecular weight is 316 g/mol. The number of carbonyl (C=O) groups excluding carboxylic acids is 1. The Balaban J connectivity index is 2.16. The summed E-state index contributed by atoms with van der Waals surface area (Å²) in [6.07, 6.45) is 5.09. The molecule has 2 aliphatic heterocycles. The van der Waals surface area contributed by atoms with Gasteiger partial charge in [-0.2, -0.15) is 5.26 Å². The predicted molar refractivity (Wildman–Crippen MR) is 85.7 cm³/mol. The molecular weight excluding hydrogens is 295 g/mol. The molecule has 0 saturated carbocycles. The fourth-order valence-corrected chi connectivity index (χ4v) is 2.14. The molecule has 7 heteroatoms. The zero-order chi connectivity index (χ0) is 17.3. The molecule has 2 aliphatic rings. The SMILES string of the molecule is CCOC(=O)/C(C#N)=C1/C=CC(B2OC(C)(C)C(C)(C)O2)=CN1. The van der Waals surface area contributed by atoms with Gasteiger partial charge in [0.1, 0.15) is 6.07 Å². The Bertz CT molecular complexity index is 625. The van der Waals surface area contributed by atoms with Crippen molar-refractivity contribution in [1.82, 2.24) is 5.32 Å². The van der Waals surface area contributed by atoms with Gasteiger partial charge < -0.3 is 19.4 Å². The summed E-state index contributed by atoms with van der Waals surface area (Å²) < 4.78 is 16.8. The van der Waals surface area contributed by atoms with Crippen molar-refractivity contribution >= 4 is 13.1 Å². The molecule has 0 spiro atoms. The highest BCUT2D eigenvalue weighted by molar-refractivity contribution is 6.55. The molecule has 6 nitrogen and oxygen atoms in total. The van der Waals surface area contributed by atoms with Crippen LogP contribution in [0.5, 0.6) is 0 Å². The van der Waals surface area contributed by atoms with Crippen LogP contribution in [-0.4, -0.2) is 30.9 Å². The summed E-state index contributed by atoms with van der Waals surface area (Å²) in [5.74, 6) is -0.644. The molecule has 122 valence electrons. The van der Waals surface area contributed by atoms with Crippen molar-refractivity contribution in [2.75, 3.05) is 6.61 Å². The van der Waals surface area contributed by atoms with E-state index >= 15 is 0 Å². The number of nitrogens with zero attached hydrogens (tertiary/aromatic N) is 1. The molecule has 2 heterocycles. The second-order valence-corrected chi connectivity index (χ2v) is 6.33. The summed E-state index contributed by atoms with van der Waals surface area (Å²) in [5, 5.41) is 12.1. The maximum atomic E-state index is 11.7. The van der Waals surface area contributed by atoms with Crippen LogP contribution in [0.1, 0.15) is 34.6 Å². The Morgan fingerprint density at radius 3 is 2.35 bits per heavy atom. The van der Waals surface area contributed by atoms with Gasteiger partial charge in [-0.25, -0.2) is 4.79 Å². The maximum Gasteiger partial charge on any atom is 0.496 e. The zero-order valence-corrected chi connectivity index (χ0v) is 14.1. The van der Waals surface area contributed by atoms with Gasteiger partial charge in [0.25, 0.3) is 0 Å². The molecule has 1 saturated heterocycles. The number of hydrogen-bond donors (Lipinski definition) is 1. The number of dihydropyridines is 1. The summed E-state index contributed by atoms with van der Waals surface area (Å²) in [6, 6.07) is 1.87. The molecule has 0 aromatic rings. The van der Waals surface area contributed by atoms with Crippen LogP contribution in [0.2, 0.25) is 0 Å². The lowest BCUT2D eigenvalue weighted by Crippen LogP contribution is -2.41. The first-order chi connectivity index (χ1) is 10.7. The van der Waals surface area contributed by atoms with Crippen molar-refractivity contribution in [3.05, 3.63) is 35.1 Å². The molecule has 0 aromatic heterocycles. The lowest BCUT2D eigenvalue weighted by Gasteiger charge is -2.32. The van der Waals surface area contributed by atoms with Gasteiger partial charge in [0, 0.05) is 6.20 Å². The molecule has 1 N–H and O–H groups in total. The molecule has 0 atom stereocenters. The molecular formula is C16H21BN2O4. The number of rotatable bonds is 3. The van der Waals surface area contributed by atoms with E-state index < -0.39 is 24.3 Å². The lowest BCUT2D eigenvalue weighted by molar-refractivity contribution is -0.138. The minimum atomic E-state index is -0.644. The van der Waals surface area contributed by atoms with Crippen LogP contribution in [0.25, 0.3) is 0 Å². The minimum Gasteiger partial charge on any atom is -0.462 e. The number of carbonyl (C=O) groups is 1. The number of esters is 1. The highest BCUT2D eigenvalue weighted by Crippen LogP contribution is 2.39. The molecule has 2 rings (SSSR count). The first kappa shape index (κ1) is 17.3. The largest absolute Gasteiger partial charge is 0.496 e. The Kier molecular flexibility index (Phi) is 4.69. The number of hydrogen-bond acceptors (Lipinski definition) is 6. The zero-order valence-electron chi connectivity index (χ0n) is 14.1. The van der Waals surface area contributed by atoms with Gasteiger partial charge in [0.15, 0.2) is 5.57 Å². The van der Waals surface area contributed by atoms with E-state index in [1.807, 2.05) is 33.8 Å². The van der Waals surface area contributed by atoms with Gasteiger partial charge in [0.05, 0.1) is 23.5 Å². The first-order valence-corrected chi connectivity index (χ1v) is 7.53. The predicted octanol–water partition coefficient (Wildman–Crippen LogP) is 2.00. The molecule has 0 bridgehead atoms. The third-order valence-electron chi connectivity index (χ3n) is 4.22. The average Bonchev–Trinajstić information content (AvgIpc) is 2.69. The maximum absolute atomic E-state index is 11.7. The normalized spacial score (nSPS) is 23.7. The Labute approximate surface area is 136 Å².